The van der Waals surface area contributed by atoms with Gasteiger partial charge in [-0.05, 0) is 40.2 Å². The molecule has 1 aromatic heterocycles. The number of alkyl halides is 3. The molecule has 0 saturated carbocycles. The molecule has 0 aliphatic rings. The number of nitrogens with zero attached hydrogens (tertiary/aromatic N) is 1. The third-order valence-electron chi connectivity index (χ3n) is 2.51. The standard InChI is InChI=1S/C14H12BrF3N2O/c15-13-7-3-4-10(20-13)8-19-11-5-1-2-6-12(11)21-9-14(16,17)18/h1-7,19H,8-9H2. The van der Waals surface area contributed by atoms with Crippen LogP contribution in [0.5, 0.6) is 5.75 Å². The maximum atomic E-state index is 12.2. The van der Waals surface area contributed by atoms with Crippen molar-refractivity contribution in [2.45, 2.75) is 12.7 Å². The van der Waals surface area contributed by atoms with Crippen LogP contribution >= 0.6 is 15.9 Å². The van der Waals surface area contributed by atoms with Gasteiger partial charge in [0.1, 0.15) is 10.4 Å². The highest BCUT2D eigenvalue weighted by atomic mass is 79.9. The molecule has 2 rings (SSSR count). The second kappa shape index (κ2) is 6.80. The molecule has 0 radical (unpaired) electrons. The zero-order valence-corrected chi connectivity index (χ0v) is 12.4. The molecular weight excluding hydrogens is 349 g/mol. The predicted molar refractivity (Wildman–Crippen MR) is 77.3 cm³/mol. The van der Waals surface area contributed by atoms with E-state index in [1.54, 1.807) is 24.3 Å². The Hall–Kier alpha value is -1.76. The molecule has 0 atom stereocenters. The molecule has 0 unspecified atom stereocenters. The molecule has 0 aliphatic carbocycles. The molecule has 1 aromatic carbocycles. The number of benzene rings is 1. The van der Waals surface area contributed by atoms with Crippen molar-refractivity contribution in [2.24, 2.45) is 0 Å². The average molecular weight is 361 g/mol. The number of aromatic nitrogens is 1. The first-order valence-electron chi connectivity index (χ1n) is 6.08. The Kier molecular flexibility index (Phi) is 5.06. The number of pyridine rings is 1. The smallest absolute Gasteiger partial charge is 0.422 e. The van der Waals surface area contributed by atoms with E-state index < -0.39 is 12.8 Å². The van der Waals surface area contributed by atoms with E-state index in [4.69, 9.17) is 4.74 Å². The number of hydrogen-bond acceptors (Lipinski definition) is 3. The van der Waals surface area contributed by atoms with Crippen molar-refractivity contribution in [1.82, 2.24) is 4.98 Å². The second-order valence-corrected chi connectivity index (χ2v) is 5.02. The highest BCUT2D eigenvalue weighted by molar-refractivity contribution is 9.10. The molecule has 112 valence electrons. The molecule has 0 bridgehead atoms. The van der Waals surface area contributed by atoms with Crippen LogP contribution in [-0.4, -0.2) is 17.8 Å². The van der Waals surface area contributed by atoms with Crippen molar-refractivity contribution < 1.29 is 17.9 Å². The summed E-state index contributed by atoms with van der Waals surface area (Å²) in [6.07, 6.45) is -4.36. The van der Waals surface area contributed by atoms with Gasteiger partial charge in [0.15, 0.2) is 6.61 Å². The van der Waals surface area contributed by atoms with Gasteiger partial charge in [0, 0.05) is 0 Å². The first-order chi connectivity index (χ1) is 9.94. The van der Waals surface area contributed by atoms with Crippen LogP contribution in [0.4, 0.5) is 18.9 Å². The van der Waals surface area contributed by atoms with E-state index in [1.165, 1.54) is 6.07 Å². The molecule has 0 amide bonds. The molecule has 0 saturated heterocycles. The summed E-state index contributed by atoms with van der Waals surface area (Å²) in [6, 6.07) is 11.9. The quantitative estimate of drug-likeness (QED) is 0.802. The van der Waals surface area contributed by atoms with E-state index in [2.05, 4.69) is 26.2 Å². The van der Waals surface area contributed by atoms with E-state index in [0.717, 1.165) is 5.69 Å². The third kappa shape index (κ3) is 5.26. The maximum Gasteiger partial charge on any atom is 0.422 e. The van der Waals surface area contributed by atoms with E-state index >= 15 is 0 Å². The minimum atomic E-state index is -4.36. The lowest BCUT2D eigenvalue weighted by Crippen LogP contribution is -2.19. The summed E-state index contributed by atoms with van der Waals surface area (Å²) in [5, 5.41) is 3.02. The molecule has 0 spiro atoms. The van der Waals surface area contributed by atoms with Crippen LogP contribution in [0.15, 0.2) is 47.1 Å². The molecule has 1 heterocycles. The highest BCUT2D eigenvalue weighted by Gasteiger charge is 2.28. The van der Waals surface area contributed by atoms with Gasteiger partial charge in [-0.1, -0.05) is 18.2 Å². The molecule has 21 heavy (non-hydrogen) atoms. The van der Waals surface area contributed by atoms with E-state index in [0.29, 0.717) is 16.8 Å². The van der Waals surface area contributed by atoms with Crippen LogP contribution in [0, 0.1) is 0 Å². The van der Waals surface area contributed by atoms with Gasteiger partial charge in [0.25, 0.3) is 0 Å². The van der Waals surface area contributed by atoms with Crippen LogP contribution in [0.25, 0.3) is 0 Å². The summed E-state index contributed by atoms with van der Waals surface area (Å²) < 4.78 is 42.1. The topological polar surface area (TPSA) is 34.1 Å². The number of halogens is 4. The van der Waals surface area contributed by atoms with Crippen LogP contribution < -0.4 is 10.1 Å². The van der Waals surface area contributed by atoms with Crippen molar-refractivity contribution in [3.63, 3.8) is 0 Å². The Balaban J connectivity index is 2.03. The zero-order chi connectivity index (χ0) is 15.3. The predicted octanol–water partition coefficient (Wildman–Crippen LogP) is 4.40. The molecule has 2 aromatic rings. The van der Waals surface area contributed by atoms with Gasteiger partial charge in [-0.25, -0.2) is 4.98 Å². The first-order valence-corrected chi connectivity index (χ1v) is 6.87. The third-order valence-corrected chi connectivity index (χ3v) is 2.95. The number of rotatable bonds is 5. The maximum absolute atomic E-state index is 12.2. The fraction of sp³-hybridized carbons (Fsp3) is 0.214. The lowest BCUT2D eigenvalue weighted by molar-refractivity contribution is -0.153. The van der Waals surface area contributed by atoms with Gasteiger partial charge in [-0.3, -0.25) is 0 Å². The SMILES string of the molecule is FC(F)(F)COc1ccccc1NCc1cccc(Br)n1. The fourth-order valence-electron chi connectivity index (χ4n) is 1.63. The van der Waals surface area contributed by atoms with Crippen LogP contribution in [-0.2, 0) is 6.54 Å². The zero-order valence-electron chi connectivity index (χ0n) is 10.8. The van der Waals surface area contributed by atoms with Crippen molar-refractivity contribution in [1.29, 1.82) is 0 Å². The number of hydrogen-bond donors (Lipinski definition) is 1. The van der Waals surface area contributed by atoms with Crippen molar-refractivity contribution >= 4 is 21.6 Å². The van der Waals surface area contributed by atoms with Gasteiger partial charge in [-0.2, -0.15) is 13.2 Å². The van der Waals surface area contributed by atoms with Gasteiger partial charge in [0.05, 0.1) is 17.9 Å². The largest absolute Gasteiger partial charge is 0.482 e. The van der Waals surface area contributed by atoms with E-state index in [-0.39, 0.29) is 5.75 Å². The number of nitrogens with one attached hydrogen (secondary N) is 1. The van der Waals surface area contributed by atoms with Gasteiger partial charge < -0.3 is 10.1 Å². The average Bonchev–Trinajstić information content (AvgIpc) is 2.43. The summed E-state index contributed by atoms with van der Waals surface area (Å²) in [6.45, 7) is -0.938. The summed E-state index contributed by atoms with van der Waals surface area (Å²) in [4.78, 5) is 4.24. The van der Waals surface area contributed by atoms with Gasteiger partial charge in [0.2, 0.25) is 0 Å². The second-order valence-electron chi connectivity index (χ2n) is 4.21. The lowest BCUT2D eigenvalue weighted by atomic mass is 10.2. The van der Waals surface area contributed by atoms with Crippen LogP contribution in [0.1, 0.15) is 5.69 Å². The molecular formula is C14H12BrF3N2O. The minimum Gasteiger partial charge on any atom is -0.482 e. The Morgan fingerprint density at radius 2 is 1.86 bits per heavy atom. The fourth-order valence-corrected chi connectivity index (χ4v) is 2.01. The Morgan fingerprint density at radius 3 is 2.57 bits per heavy atom. The molecule has 0 fully saturated rings. The van der Waals surface area contributed by atoms with Gasteiger partial charge in [-0.15, -0.1) is 0 Å². The van der Waals surface area contributed by atoms with Gasteiger partial charge >= 0.3 is 6.18 Å². The normalized spacial score (nSPS) is 11.2. The van der Waals surface area contributed by atoms with E-state index in [1.807, 2.05) is 12.1 Å². The highest BCUT2D eigenvalue weighted by Crippen LogP contribution is 2.26. The Morgan fingerprint density at radius 1 is 1.10 bits per heavy atom. The van der Waals surface area contributed by atoms with Crippen molar-refractivity contribution in [3.05, 3.63) is 52.8 Å². The summed E-state index contributed by atoms with van der Waals surface area (Å²) >= 11 is 3.26. The number of anilines is 1. The Bertz CT molecular complexity index is 605. The molecule has 0 aliphatic heterocycles. The Labute approximate surface area is 128 Å². The summed E-state index contributed by atoms with van der Waals surface area (Å²) in [5.74, 6) is 0.157. The first kappa shape index (κ1) is 15.6. The molecule has 7 heteroatoms. The lowest BCUT2D eigenvalue weighted by Gasteiger charge is -2.14. The summed E-state index contributed by atoms with van der Waals surface area (Å²) in [7, 11) is 0. The minimum absolute atomic E-state index is 0.157. The van der Waals surface area contributed by atoms with Crippen molar-refractivity contribution in [3.8, 4) is 5.75 Å². The van der Waals surface area contributed by atoms with Crippen molar-refractivity contribution in [2.75, 3.05) is 11.9 Å². The van der Waals surface area contributed by atoms with E-state index in [9.17, 15) is 13.2 Å². The molecule has 1 N–H and O–H groups in total. The summed E-state index contributed by atoms with van der Waals surface area (Å²) in [5.41, 5.74) is 1.25. The number of ether oxygens (including phenoxy) is 1. The molecule has 3 nitrogen and oxygen atoms in total. The monoisotopic (exact) mass is 360 g/mol. The number of para-hydroxylation sites is 2. The van der Waals surface area contributed by atoms with Crippen LogP contribution in [0.2, 0.25) is 0 Å². The van der Waals surface area contributed by atoms with Crippen LogP contribution in [0.3, 0.4) is 0 Å².